The number of fused-ring (bicyclic) bond motifs is 1. The Morgan fingerprint density at radius 3 is 2.74 bits per heavy atom. The van der Waals surface area contributed by atoms with Crippen LogP contribution < -0.4 is 5.32 Å². The molecular formula is C19H28N2O2. The van der Waals surface area contributed by atoms with Gasteiger partial charge in [0.25, 0.3) is 0 Å². The van der Waals surface area contributed by atoms with Crippen LogP contribution in [0.2, 0.25) is 0 Å². The average Bonchev–Trinajstić information content (AvgIpc) is 2.46. The molecule has 0 unspecified atom stereocenters. The third kappa shape index (κ3) is 3.52. The van der Waals surface area contributed by atoms with Gasteiger partial charge in [0, 0.05) is 19.0 Å². The van der Waals surface area contributed by atoms with Gasteiger partial charge in [-0.15, -0.1) is 0 Å². The topological polar surface area (TPSA) is 52.6 Å². The first-order valence-electron chi connectivity index (χ1n) is 8.84. The Hall–Kier alpha value is -1.55. The summed E-state index contributed by atoms with van der Waals surface area (Å²) in [4.78, 5) is 13.5. The lowest BCUT2D eigenvalue weighted by Gasteiger charge is -2.45. The van der Waals surface area contributed by atoms with E-state index in [0.717, 1.165) is 25.3 Å². The largest absolute Gasteiger partial charge is 0.508 e. The lowest BCUT2D eigenvalue weighted by atomic mass is 9.77. The molecule has 0 spiro atoms. The van der Waals surface area contributed by atoms with Crippen LogP contribution in [0, 0.1) is 11.8 Å². The van der Waals surface area contributed by atoms with E-state index in [1.165, 1.54) is 36.8 Å². The van der Waals surface area contributed by atoms with Gasteiger partial charge in [-0.2, -0.15) is 0 Å². The van der Waals surface area contributed by atoms with Crippen molar-refractivity contribution in [2.24, 2.45) is 11.8 Å². The molecule has 1 aromatic rings. The van der Waals surface area contributed by atoms with Crippen molar-refractivity contribution in [1.82, 2.24) is 10.2 Å². The van der Waals surface area contributed by atoms with Gasteiger partial charge in [-0.05, 0) is 41.5 Å². The maximum atomic E-state index is 11.1. The maximum Gasteiger partial charge on any atom is 0.208 e. The third-order valence-corrected chi connectivity index (χ3v) is 5.61. The zero-order chi connectivity index (χ0) is 16.4. The minimum absolute atomic E-state index is 0.0528. The van der Waals surface area contributed by atoms with E-state index in [9.17, 15) is 9.90 Å². The summed E-state index contributed by atoms with van der Waals surface area (Å²) in [7, 11) is 0. The fourth-order valence-corrected chi connectivity index (χ4v) is 4.03. The minimum atomic E-state index is 0.0528. The highest BCUT2D eigenvalue weighted by atomic mass is 16.3. The zero-order valence-electron chi connectivity index (χ0n) is 14.2. The number of rotatable bonds is 6. The van der Waals surface area contributed by atoms with Crippen LogP contribution in [0.15, 0.2) is 18.2 Å². The number of carbonyl (C=O) groups excluding carboxylic acids is 1. The molecule has 4 nitrogen and oxygen atoms in total. The van der Waals surface area contributed by atoms with Crippen molar-refractivity contribution < 1.29 is 9.90 Å². The lowest BCUT2D eigenvalue weighted by molar-refractivity contribution is -0.112. The molecule has 0 aromatic heterocycles. The Kier molecular flexibility index (Phi) is 4.90. The molecule has 1 saturated carbocycles. The van der Waals surface area contributed by atoms with Crippen LogP contribution >= 0.6 is 0 Å². The first kappa shape index (κ1) is 16.3. The molecule has 1 aromatic carbocycles. The van der Waals surface area contributed by atoms with Crippen LogP contribution in [0.4, 0.5) is 0 Å². The molecule has 126 valence electrons. The van der Waals surface area contributed by atoms with Crippen LogP contribution in [-0.4, -0.2) is 28.6 Å². The average molecular weight is 316 g/mol. The van der Waals surface area contributed by atoms with E-state index >= 15 is 0 Å². The lowest BCUT2D eigenvalue weighted by Crippen LogP contribution is -2.55. The van der Waals surface area contributed by atoms with E-state index < -0.39 is 0 Å². The van der Waals surface area contributed by atoms with Crippen LogP contribution in [-0.2, 0) is 17.8 Å². The summed E-state index contributed by atoms with van der Waals surface area (Å²) < 4.78 is 0. The number of phenolic OH excluding ortho intramolecular Hbond substituents is 1. The summed E-state index contributed by atoms with van der Waals surface area (Å²) in [5, 5.41) is 12.8. The summed E-state index contributed by atoms with van der Waals surface area (Å²) in [6.07, 6.45) is 6.95. The second-order valence-corrected chi connectivity index (χ2v) is 7.47. The van der Waals surface area contributed by atoms with Crippen molar-refractivity contribution in [3.05, 3.63) is 29.3 Å². The molecule has 2 aliphatic rings. The molecule has 1 amide bonds. The van der Waals surface area contributed by atoms with Crippen LogP contribution in [0.25, 0.3) is 0 Å². The van der Waals surface area contributed by atoms with E-state index in [2.05, 4.69) is 24.1 Å². The summed E-state index contributed by atoms with van der Waals surface area (Å²) in [6.45, 7) is 5.35. The molecule has 0 saturated heterocycles. The summed E-state index contributed by atoms with van der Waals surface area (Å²) in [5.41, 5.74) is 2.41. The van der Waals surface area contributed by atoms with Crippen molar-refractivity contribution in [1.29, 1.82) is 0 Å². The van der Waals surface area contributed by atoms with Crippen LogP contribution in [0.5, 0.6) is 5.75 Å². The monoisotopic (exact) mass is 316 g/mol. The number of phenols is 1. The van der Waals surface area contributed by atoms with Crippen molar-refractivity contribution >= 4 is 6.41 Å². The van der Waals surface area contributed by atoms with Gasteiger partial charge in [0.1, 0.15) is 5.75 Å². The predicted molar refractivity (Wildman–Crippen MR) is 90.9 cm³/mol. The molecular weight excluding hydrogens is 288 g/mol. The first-order valence-corrected chi connectivity index (χ1v) is 8.84. The first-order chi connectivity index (χ1) is 11.1. The number of hydrogen-bond donors (Lipinski definition) is 2. The number of hydrogen-bond acceptors (Lipinski definition) is 3. The SMILES string of the molecule is CC(C)[C@@H](CC1CCC1)N1Cc2cc(O)ccc2C[C@@H]1NC=O. The van der Waals surface area contributed by atoms with Crippen molar-refractivity contribution in [2.75, 3.05) is 0 Å². The van der Waals surface area contributed by atoms with Gasteiger partial charge in [-0.3, -0.25) is 9.69 Å². The zero-order valence-corrected chi connectivity index (χ0v) is 14.2. The third-order valence-electron chi connectivity index (χ3n) is 5.61. The van der Waals surface area contributed by atoms with Gasteiger partial charge in [0.15, 0.2) is 0 Å². The summed E-state index contributed by atoms with van der Waals surface area (Å²) in [6, 6.07) is 6.06. The molecule has 2 N–H and O–H groups in total. The minimum Gasteiger partial charge on any atom is -0.508 e. The van der Waals surface area contributed by atoms with Crippen molar-refractivity contribution in [3.63, 3.8) is 0 Å². The number of nitrogens with one attached hydrogen (secondary N) is 1. The Labute approximate surface area is 138 Å². The van der Waals surface area contributed by atoms with E-state index in [0.29, 0.717) is 17.7 Å². The Morgan fingerprint density at radius 1 is 1.35 bits per heavy atom. The van der Waals surface area contributed by atoms with E-state index in [4.69, 9.17) is 0 Å². The number of amides is 1. The molecule has 1 heterocycles. The highest BCUT2D eigenvalue weighted by molar-refractivity contribution is 5.47. The van der Waals surface area contributed by atoms with E-state index in [1.807, 2.05) is 12.1 Å². The quantitative estimate of drug-likeness (QED) is 0.793. The fourth-order valence-electron chi connectivity index (χ4n) is 4.03. The molecule has 1 aliphatic heterocycles. The molecule has 4 heteroatoms. The number of carbonyl (C=O) groups is 1. The molecule has 2 atom stereocenters. The summed E-state index contributed by atoms with van der Waals surface area (Å²) >= 11 is 0. The summed E-state index contributed by atoms with van der Waals surface area (Å²) in [5.74, 6) is 1.71. The second kappa shape index (κ2) is 6.91. The molecule has 23 heavy (non-hydrogen) atoms. The van der Waals surface area contributed by atoms with Gasteiger partial charge < -0.3 is 10.4 Å². The molecule has 0 radical (unpaired) electrons. The molecule has 1 fully saturated rings. The highest BCUT2D eigenvalue weighted by Gasteiger charge is 2.35. The molecule has 1 aliphatic carbocycles. The van der Waals surface area contributed by atoms with Crippen LogP contribution in [0.3, 0.4) is 0 Å². The second-order valence-electron chi connectivity index (χ2n) is 7.47. The molecule has 0 bridgehead atoms. The Balaban J connectivity index is 1.84. The van der Waals surface area contributed by atoms with Crippen LogP contribution in [0.1, 0.15) is 50.7 Å². The van der Waals surface area contributed by atoms with Gasteiger partial charge in [-0.25, -0.2) is 0 Å². The predicted octanol–water partition coefficient (Wildman–Crippen LogP) is 3.04. The van der Waals surface area contributed by atoms with Gasteiger partial charge in [0.05, 0.1) is 6.17 Å². The Morgan fingerprint density at radius 2 is 2.13 bits per heavy atom. The normalized spacial score (nSPS) is 23.2. The van der Waals surface area contributed by atoms with Crippen molar-refractivity contribution in [3.8, 4) is 5.75 Å². The van der Waals surface area contributed by atoms with Gasteiger partial charge in [0.2, 0.25) is 6.41 Å². The van der Waals surface area contributed by atoms with E-state index in [-0.39, 0.29) is 6.17 Å². The van der Waals surface area contributed by atoms with Crippen molar-refractivity contribution in [2.45, 2.75) is 64.7 Å². The Bertz CT molecular complexity index is 554. The fraction of sp³-hybridized carbons (Fsp3) is 0.632. The van der Waals surface area contributed by atoms with E-state index in [1.54, 1.807) is 6.07 Å². The number of nitrogens with zero attached hydrogens (tertiary/aromatic N) is 1. The highest BCUT2D eigenvalue weighted by Crippen LogP contribution is 2.36. The van der Waals surface area contributed by atoms with Gasteiger partial charge in [-0.1, -0.05) is 39.2 Å². The van der Waals surface area contributed by atoms with Gasteiger partial charge >= 0.3 is 0 Å². The maximum absolute atomic E-state index is 11.1. The smallest absolute Gasteiger partial charge is 0.208 e. The standard InChI is InChI=1S/C19H28N2O2/c1-13(2)18(8-14-4-3-5-14)21-11-16-9-17(23)7-6-15(16)10-19(21)20-12-22/h6-7,9,12-14,18-19,23H,3-5,8,10-11H2,1-2H3,(H,20,22)/t18-,19-/m1/s1. The molecule has 3 rings (SSSR count). The number of aromatic hydroxyl groups is 1. The number of benzene rings is 1.